The number of likely N-dealkylation sites (N-methyl/N-ethyl adjacent to an activating group) is 1. The van der Waals surface area contributed by atoms with Crippen LogP contribution in [0.5, 0.6) is 0 Å². The Hall–Kier alpha value is -1.88. The number of nitrogens with one attached hydrogen (secondary N) is 1. The van der Waals surface area contributed by atoms with Crippen molar-refractivity contribution in [1.82, 2.24) is 10.2 Å². The summed E-state index contributed by atoms with van der Waals surface area (Å²) in [7, 11) is 0. The Bertz CT molecular complexity index is 496. The van der Waals surface area contributed by atoms with Crippen LogP contribution in [-0.4, -0.2) is 48.1 Å². The molecule has 114 valence electrons. The SMILES string of the molecule is CCN(CC(=O)O)C(=O)C1(c2ccccc2)CCNCC1. The van der Waals surface area contributed by atoms with Gasteiger partial charge in [0, 0.05) is 6.54 Å². The van der Waals surface area contributed by atoms with Gasteiger partial charge in [-0.05, 0) is 38.4 Å². The summed E-state index contributed by atoms with van der Waals surface area (Å²) < 4.78 is 0. The number of benzene rings is 1. The highest BCUT2D eigenvalue weighted by atomic mass is 16.4. The van der Waals surface area contributed by atoms with Crippen molar-refractivity contribution in [3.8, 4) is 0 Å². The second kappa shape index (κ2) is 6.72. The number of carbonyl (C=O) groups is 2. The molecular formula is C16H22N2O3. The molecule has 1 heterocycles. The van der Waals surface area contributed by atoms with Crippen molar-refractivity contribution < 1.29 is 14.7 Å². The van der Waals surface area contributed by atoms with Crippen LogP contribution >= 0.6 is 0 Å². The summed E-state index contributed by atoms with van der Waals surface area (Å²) in [5.74, 6) is -1.04. The summed E-state index contributed by atoms with van der Waals surface area (Å²) in [5.41, 5.74) is 0.387. The van der Waals surface area contributed by atoms with Crippen LogP contribution in [0.15, 0.2) is 30.3 Å². The Labute approximate surface area is 125 Å². The van der Waals surface area contributed by atoms with Crippen molar-refractivity contribution in [2.45, 2.75) is 25.2 Å². The first-order valence-electron chi connectivity index (χ1n) is 7.37. The highest BCUT2D eigenvalue weighted by molar-refractivity contribution is 5.90. The van der Waals surface area contributed by atoms with Crippen LogP contribution in [0.25, 0.3) is 0 Å². The normalized spacial score (nSPS) is 17.2. The lowest BCUT2D eigenvalue weighted by molar-refractivity contribution is -0.147. The highest BCUT2D eigenvalue weighted by Crippen LogP contribution is 2.35. The van der Waals surface area contributed by atoms with Crippen molar-refractivity contribution in [1.29, 1.82) is 0 Å². The fraction of sp³-hybridized carbons (Fsp3) is 0.500. The molecule has 1 amide bonds. The van der Waals surface area contributed by atoms with Gasteiger partial charge in [-0.1, -0.05) is 30.3 Å². The van der Waals surface area contributed by atoms with E-state index in [0.717, 1.165) is 18.7 Å². The Kier molecular flexibility index (Phi) is 4.96. The average molecular weight is 290 g/mol. The second-order valence-corrected chi connectivity index (χ2v) is 5.41. The van der Waals surface area contributed by atoms with E-state index in [1.54, 1.807) is 0 Å². The zero-order valence-corrected chi connectivity index (χ0v) is 12.3. The van der Waals surface area contributed by atoms with E-state index in [4.69, 9.17) is 5.11 Å². The van der Waals surface area contributed by atoms with Crippen LogP contribution in [0.1, 0.15) is 25.3 Å². The van der Waals surface area contributed by atoms with Gasteiger partial charge in [-0.15, -0.1) is 0 Å². The molecule has 0 unspecified atom stereocenters. The maximum atomic E-state index is 13.0. The Morgan fingerprint density at radius 3 is 2.38 bits per heavy atom. The monoisotopic (exact) mass is 290 g/mol. The van der Waals surface area contributed by atoms with Crippen LogP contribution < -0.4 is 5.32 Å². The van der Waals surface area contributed by atoms with E-state index in [1.807, 2.05) is 37.3 Å². The summed E-state index contributed by atoms with van der Waals surface area (Å²) in [6.07, 6.45) is 1.40. The molecule has 1 saturated heterocycles. The maximum Gasteiger partial charge on any atom is 0.323 e. The van der Waals surface area contributed by atoms with Gasteiger partial charge < -0.3 is 15.3 Å². The molecule has 0 spiro atoms. The predicted octanol–water partition coefficient (Wildman–Crippen LogP) is 1.24. The van der Waals surface area contributed by atoms with Gasteiger partial charge >= 0.3 is 5.97 Å². The smallest absolute Gasteiger partial charge is 0.323 e. The molecule has 2 rings (SSSR count). The molecule has 0 atom stereocenters. The van der Waals surface area contributed by atoms with E-state index < -0.39 is 11.4 Å². The number of carboxylic acid groups (broad SMARTS) is 1. The van der Waals surface area contributed by atoms with Crippen molar-refractivity contribution in [2.24, 2.45) is 0 Å². The van der Waals surface area contributed by atoms with Gasteiger partial charge in [0.1, 0.15) is 6.54 Å². The third kappa shape index (κ3) is 3.24. The zero-order valence-electron chi connectivity index (χ0n) is 12.3. The quantitative estimate of drug-likeness (QED) is 0.856. The first-order valence-corrected chi connectivity index (χ1v) is 7.37. The first kappa shape index (κ1) is 15.5. The van der Waals surface area contributed by atoms with Gasteiger partial charge in [-0.3, -0.25) is 9.59 Å². The van der Waals surface area contributed by atoms with Crippen LogP contribution in [-0.2, 0) is 15.0 Å². The third-order valence-corrected chi connectivity index (χ3v) is 4.19. The van der Waals surface area contributed by atoms with Gasteiger partial charge in [0.15, 0.2) is 0 Å². The van der Waals surface area contributed by atoms with E-state index in [0.29, 0.717) is 19.4 Å². The number of nitrogens with zero attached hydrogens (tertiary/aromatic N) is 1. The molecular weight excluding hydrogens is 268 g/mol. The molecule has 1 aliphatic heterocycles. The van der Waals surface area contributed by atoms with Crippen LogP contribution in [0.2, 0.25) is 0 Å². The molecule has 0 saturated carbocycles. The van der Waals surface area contributed by atoms with Gasteiger partial charge in [0.25, 0.3) is 0 Å². The number of hydrogen-bond acceptors (Lipinski definition) is 3. The minimum Gasteiger partial charge on any atom is -0.480 e. The number of aliphatic carboxylic acids is 1. The number of piperidine rings is 1. The number of carboxylic acids is 1. The van der Waals surface area contributed by atoms with Crippen LogP contribution in [0.3, 0.4) is 0 Å². The van der Waals surface area contributed by atoms with Crippen molar-refractivity contribution in [2.75, 3.05) is 26.2 Å². The third-order valence-electron chi connectivity index (χ3n) is 4.19. The van der Waals surface area contributed by atoms with Crippen molar-refractivity contribution >= 4 is 11.9 Å². The van der Waals surface area contributed by atoms with Gasteiger partial charge in [-0.25, -0.2) is 0 Å². The van der Waals surface area contributed by atoms with E-state index in [-0.39, 0.29) is 12.5 Å². The lowest BCUT2D eigenvalue weighted by atomic mass is 9.72. The predicted molar refractivity (Wildman–Crippen MR) is 80.1 cm³/mol. The second-order valence-electron chi connectivity index (χ2n) is 5.41. The largest absolute Gasteiger partial charge is 0.480 e. The summed E-state index contributed by atoms with van der Waals surface area (Å²) in [6.45, 7) is 3.53. The summed E-state index contributed by atoms with van der Waals surface area (Å²) in [4.78, 5) is 25.5. The minimum atomic E-state index is -0.970. The highest BCUT2D eigenvalue weighted by Gasteiger charge is 2.43. The molecule has 0 aromatic heterocycles. The first-order chi connectivity index (χ1) is 10.1. The number of hydrogen-bond donors (Lipinski definition) is 2. The number of amides is 1. The van der Waals surface area contributed by atoms with Gasteiger partial charge in [0.05, 0.1) is 5.41 Å². The van der Waals surface area contributed by atoms with Gasteiger partial charge in [-0.2, -0.15) is 0 Å². The van der Waals surface area contributed by atoms with Crippen molar-refractivity contribution in [3.63, 3.8) is 0 Å². The Balaban J connectivity index is 2.35. The Morgan fingerprint density at radius 1 is 1.24 bits per heavy atom. The van der Waals surface area contributed by atoms with E-state index in [2.05, 4.69) is 5.32 Å². The van der Waals surface area contributed by atoms with E-state index in [9.17, 15) is 9.59 Å². The van der Waals surface area contributed by atoms with E-state index >= 15 is 0 Å². The molecule has 0 radical (unpaired) electrons. The zero-order chi connectivity index (χ0) is 15.3. The molecule has 1 aromatic carbocycles. The van der Waals surface area contributed by atoms with Gasteiger partial charge in [0.2, 0.25) is 5.91 Å². The number of carbonyl (C=O) groups excluding carboxylic acids is 1. The van der Waals surface area contributed by atoms with Crippen LogP contribution in [0.4, 0.5) is 0 Å². The number of rotatable bonds is 5. The van der Waals surface area contributed by atoms with Crippen LogP contribution in [0, 0.1) is 0 Å². The summed E-state index contributed by atoms with van der Waals surface area (Å²) in [6, 6.07) is 9.73. The molecule has 1 aliphatic rings. The molecule has 0 bridgehead atoms. The summed E-state index contributed by atoms with van der Waals surface area (Å²) in [5, 5.41) is 12.3. The molecule has 1 fully saturated rings. The average Bonchev–Trinajstić information content (AvgIpc) is 2.53. The maximum absolute atomic E-state index is 13.0. The summed E-state index contributed by atoms with van der Waals surface area (Å²) >= 11 is 0. The molecule has 1 aromatic rings. The molecule has 2 N–H and O–H groups in total. The molecule has 21 heavy (non-hydrogen) atoms. The fourth-order valence-corrected chi connectivity index (χ4v) is 3.03. The topological polar surface area (TPSA) is 69.6 Å². The molecule has 5 nitrogen and oxygen atoms in total. The fourth-order valence-electron chi connectivity index (χ4n) is 3.03. The van der Waals surface area contributed by atoms with Crippen molar-refractivity contribution in [3.05, 3.63) is 35.9 Å². The molecule has 5 heteroatoms. The Morgan fingerprint density at radius 2 is 1.86 bits per heavy atom. The lowest BCUT2D eigenvalue weighted by Crippen LogP contribution is -2.53. The van der Waals surface area contributed by atoms with E-state index in [1.165, 1.54) is 4.90 Å². The minimum absolute atomic E-state index is 0.0694. The standard InChI is InChI=1S/C16H22N2O3/c1-2-18(12-14(19)20)15(21)16(8-10-17-11-9-16)13-6-4-3-5-7-13/h3-7,17H,2,8-12H2,1H3,(H,19,20). The lowest BCUT2D eigenvalue weighted by Gasteiger charge is -2.40. The molecule has 0 aliphatic carbocycles.